The van der Waals surface area contributed by atoms with Crippen LogP contribution in [-0.2, 0) is 14.3 Å². The molecular weight excluding hydrogens is 689 g/mol. The van der Waals surface area contributed by atoms with Gasteiger partial charge in [-0.15, -0.1) is 0 Å². The summed E-state index contributed by atoms with van der Waals surface area (Å²) >= 11 is 0. The lowest BCUT2D eigenvalue weighted by Crippen LogP contribution is -2.72. The van der Waals surface area contributed by atoms with Crippen LogP contribution in [0, 0.1) is 50.2 Å². The predicted octanol–water partition coefficient (Wildman–Crippen LogP) is 8.03. The van der Waals surface area contributed by atoms with E-state index in [4.69, 9.17) is 9.47 Å². The third-order valence-corrected chi connectivity index (χ3v) is 16.4. The fourth-order valence-electron chi connectivity index (χ4n) is 13.0. The van der Waals surface area contributed by atoms with E-state index in [0.717, 1.165) is 36.8 Å². The molecule has 7 heteroatoms. The van der Waals surface area contributed by atoms with Gasteiger partial charge in [-0.05, 0) is 102 Å². The molecule has 3 unspecified atom stereocenters. The highest BCUT2D eigenvalue weighted by atomic mass is 16.5. The fraction of sp³-hybridized carbons (Fsp3) is 0.604. The molecule has 12 atom stereocenters. The summed E-state index contributed by atoms with van der Waals surface area (Å²) in [5.41, 5.74) is 0.480. The Balaban J connectivity index is 1.17. The van der Waals surface area contributed by atoms with Crippen molar-refractivity contribution < 1.29 is 34.7 Å². The van der Waals surface area contributed by atoms with Crippen molar-refractivity contribution in [3.05, 3.63) is 95.6 Å². The minimum atomic E-state index is -1.04. The van der Waals surface area contributed by atoms with E-state index in [1.165, 1.54) is 11.6 Å². The van der Waals surface area contributed by atoms with Crippen LogP contribution in [0.5, 0.6) is 0 Å². The van der Waals surface area contributed by atoms with Crippen molar-refractivity contribution in [2.75, 3.05) is 19.8 Å². The summed E-state index contributed by atoms with van der Waals surface area (Å²) in [6, 6.07) is 19.7. The second-order valence-corrected chi connectivity index (χ2v) is 19.5. The van der Waals surface area contributed by atoms with E-state index in [-0.39, 0.29) is 53.8 Å². The number of rotatable bonds is 9. The molecular formula is C48H64O7. The van der Waals surface area contributed by atoms with Gasteiger partial charge in [-0.1, -0.05) is 126 Å². The Morgan fingerprint density at radius 3 is 2.13 bits per heavy atom. The van der Waals surface area contributed by atoms with Crippen LogP contribution in [0.2, 0.25) is 0 Å². The monoisotopic (exact) mass is 752 g/mol. The first-order valence-electron chi connectivity index (χ1n) is 20.7. The molecule has 0 heterocycles. The van der Waals surface area contributed by atoms with Crippen molar-refractivity contribution in [1.82, 2.24) is 0 Å². The number of benzene rings is 2. The summed E-state index contributed by atoms with van der Waals surface area (Å²) in [7, 11) is 0. The molecule has 5 aliphatic carbocycles. The van der Waals surface area contributed by atoms with Crippen molar-refractivity contribution in [2.24, 2.45) is 50.2 Å². The van der Waals surface area contributed by atoms with Crippen LogP contribution in [0.3, 0.4) is 0 Å². The van der Waals surface area contributed by atoms with Crippen LogP contribution >= 0.6 is 0 Å². The van der Waals surface area contributed by atoms with E-state index in [2.05, 4.69) is 47.6 Å². The van der Waals surface area contributed by atoms with Crippen molar-refractivity contribution in [2.45, 2.75) is 111 Å². The summed E-state index contributed by atoms with van der Waals surface area (Å²) in [4.78, 5) is 13.0. The third kappa shape index (κ3) is 6.41. The molecule has 298 valence electrons. The lowest BCUT2D eigenvalue weighted by Gasteiger charge is -2.72. The molecule has 0 aliphatic heterocycles. The molecule has 7 rings (SSSR count). The van der Waals surface area contributed by atoms with Crippen LogP contribution < -0.4 is 0 Å². The molecule has 0 radical (unpaired) electrons. The van der Waals surface area contributed by atoms with Crippen LogP contribution in [0.15, 0.2) is 84.5 Å². The molecule has 7 nitrogen and oxygen atoms in total. The maximum Gasteiger partial charge on any atom is 0.330 e. The van der Waals surface area contributed by atoms with Crippen LogP contribution in [0.4, 0.5) is 0 Å². The first-order chi connectivity index (χ1) is 26.1. The maximum atomic E-state index is 13.0. The Morgan fingerprint density at radius 2 is 1.47 bits per heavy atom. The summed E-state index contributed by atoms with van der Waals surface area (Å²) in [6.07, 6.45) is 11.8. The number of hydrogen-bond donors (Lipinski definition) is 4. The van der Waals surface area contributed by atoms with Gasteiger partial charge >= 0.3 is 5.97 Å². The van der Waals surface area contributed by atoms with Crippen LogP contribution in [-0.4, -0.2) is 70.6 Å². The van der Waals surface area contributed by atoms with Gasteiger partial charge in [-0.2, -0.15) is 0 Å². The first-order valence-corrected chi connectivity index (χ1v) is 20.7. The van der Waals surface area contributed by atoms with Crippen molar-refractivity contribution in [1.29, 1.82) is 0 Å². The average molecular weight is 753 g/mol. The molecule has 5 aliphatic rings. The molecule has 0 amide bonds. The molecule has 2 aromatic rings. The summed E-state index contributed by atoms with van der Waals surface area (Å²) in [5.74, 6) is -0.152. The van der Waals surface area contributed by atoms with Gasteiger partial charge in [0.2, 0.25) is 0 Å². The van der Waals surface area contributed by atoms with E-state index in [9.17, 15) is 25.2 Å². The molecule has 0 aromatic heterocycles. The van der Waals surface area contributed by atoms with Crippen LogP contribution in [0.25, 0.3) is 12.2 Å². The number of carbonyl (C=O) groups is 1. The lowest BCUT2D eigenvalue weighted by atomic mass is 9.33. The van der Waals surface area contributed by atoms with Gasteiger partial charge in [-0.25, -0.2) is 4.79 Å². The number of aliphatic hydroxyl groups is 4. The number of allylic oxidation sites excluding steroid dienone is 2. The Kier molecular flexibility index (Phi) is 10.7. The fourth-order valence-corrected chi connectivity index (χ4v) is 13.0. The minimum absolute atomic E-state index is 0.131. The van der Waals surface area contributed by atoms with Crippen LogP contribution in [0.1, 0.15) is 97.6 Å². The quantitative estimate of drug-likeness (QED) is 0.117. The average Bonchev–Trinajstić information content (AvgIpc) is 3.16. The van der Waals surface area contributed by atoms with Crippen molar-refractivity contribution >= 4 is 18.1 Å². The normalized spacial score (nSPS) is 42.1. The number of esters is 1. The second kappa shape index (κ2) is 14.7. The highest BCUT2D eigenvalue weighted by molar-refractivity contribution is 5.87. The summed E-state index contributed by atoms with van der Waals surface area (Å²) in [5, 5.41) is 47.5. The third-order valence-electron chi connectivity index (χ3n) is 16.4. The van der Waals surface area contributed by atoms with Crippen molar-refractivity contribution in [3.8, 4) is 0 Å². The molecule has 4 N–H and O–H groups in total. The van der Waals surface area contributed by atoms with Gasteiger partial charge in [0.15, 0.2) is 0 Å². The largest absolute Gasteiger partial charge is 0.462 e. The van der Waals surface area contributed by atoms with Crippen molar-refractivity contribution in [3.63, 3.8) is 0 Å². The first kappa shape index (κ1) is 40.1. The number of ether oxygens (including phenoxy) is 2. The molecule has 2 aromatic carbocycles. The molecule has 0 saturated heterocycles. The van der Waals surface area contributed by atoms with E-state index >= 15 is 0 Å². The topological polar surface area (TPSA) is 116 Å². The molecule has 0 bridgehead atoms. The van der Waals surface area contributed by atoms with Gasteiger partial charge in [-0.3, -0.25) is 0 Å². The zero-order valence-electron chi connectivity index (χ0n) is 33.8. The standard InChI is InChI=1S/C48H64O7/c1-43(2)28-35-34-20-21-37-44(3)25-24-38(50)45(4,31-55-40(52)22-19-33-16-11-8-12-17-33)36(44)23-26-46(37,5)47(34,6)29-39(51)48(35,30-49)42(41(43)53)54-27-13-18-32-14-9-7-10-15-32/h7-20,22,35-39,41-42,49-51,53H,21,23-31H2,1-6H3/b18-13+,22-19+/t35?,36?,37?,38-,39+,41-,42-,44-,45+,46+,47+,48-/m0/s1. The second-order valence-electron chi connectivity index (χ2n) is 19.5. The zero-order chi connectivity index (χ0) is 39.4. The minimum Gasteiger partial charge on any atom is -0.462 e. The Labute approximate surface area is 328 Å². The Hall–Kier alpha value is -3.07. The van der Waals surface area contributed by atoms with E-state index in [1.807, 2.05) is 72.8 Å². The zero-order valence-corrected chi connectivity index (χ0v) is 33.8. The SMILES string of the molecule is CC1(C)CC2C3=CCC4[C@@]5(C)CC[C@H](O)[C@](C)(COC(=O)/C=C/c6ccccc6)C5CC[C@@]4(C)[C@]3(C)C[C@@H](O)[C@@]2(CO)[C@@H](OC/C=C/c2ccccc2)[C@@H]1O. The molecule has 4 saturated carbocycles. The number of fused-ring (bicyclic) bond motifs is 7. The number of carbonyl (C=O) groups excluding carboxylic acids is 1. The van der Waals surface area contributed by atoms with E-state index in [1.54, 1.807) is 6.08 Å². The Morgan fingerprint density at radius 1 is 0.818 bits per heavy atom. The highest BCUT2D eigenvalue weighted by Gasteiger charge is 2.72. The molecule has 55 heavy (non-hydrogen) atoms. The van der Waals surface area contributed by atoms with Gasteiger partial charge in [0.05, 0.1) is 49.7 Å². The maximum absolute atomic E-state index is 13.0. The predicted molar refractivity (Wildman–Crippen MR) is 216 cm³/mol. The number of hydrogen-bond acceptors (Lipinski definition) is 7. The van der Waals surface area contributed by atoms with E-state index < -0.39 is 46.6 Å². The molecule has 0 spiro atoms. The molecule has 4 fully saturated rings. The highest BCUT2D eigenvalue weighted by Crippen LogP contribution is 2.76. The van der Waals surface area contributed by atoms with Gasteiger partial charge in [0, 0.05) is 11.5 Å². The van der Waals surface area contributed by atoms with E-state index in [0.29, 0.717) is 19.3 Å². The van der Waals surface area contributed by atoms with Gasteiger partial charge in [0.25, 0.3) is 0 Å². The van der Waals surface area contributed by atoms with Gasteiger partial charge in [0.1, 0.15) is 0 Å². The number of aliphatic hydroxyl groups excluding tert-OH is 4. The van der Waals surface area contributed by atoms with Gasteiger partial charge < -0.3 is 29.9 Å². The summed E-state index contributed by atoms with van der Waals surface area (Å²) < 4.78 is 12.5. The smallest absolute Gasteiger partial charge is 0.330 e. The lowest BCUT2D eigenvalue weighted by molar-refractivity contribution is -0.267. The summed E-state index contributed by atoms with van der Waals surface area (Å²) in [6.45, 7) is 13.6. The Bertz CT molecular complexity index is 1790.